The maximum Gasteiger partial charge on any atom is 0.407 e. The lowest BCUT2D eigenvalue weighted by molar-refractivity contribution is -0.136. The third-order valence-corrected chi connectivity index (χ3v) is 10.9. The summed E-state index contributed by atoms with van der Waals surface area (Å²) >= 11 is 0. The molecule has 5 aromatic rings. The average Bonchev–Trinajstić information content (AvgIpc) is 4.04. The minimum atomic E-state index is -0.692. The summed E-state index contributed by atoms with van der Waals surface area (Å²) in [6.45, 7) is 9.05. The van der Waals surface area contributed by atoms with Gasteiger partial charge in [0.25, 0.3) is 0 Å². The molecule has 2 fully saturated rings. The van der Waals surface area contributed by atoms with Crippen molar-refractivity contribution in [2.75, 3.05) is 27.3 Å². The third kappa shape index (κ3) is 8.36. The summed E-state index contributed by atoms with van der Waals surface area (Å²) in [6.07, 6.45) is 5.86. The average molecular weight is 771 g/mol. The molecule has 7 rings (SSSR count). The number of carbonyl (C=O) groups excluding carboxylic acids is 3. The lowest BCUT2D eigenvalue weighted by Crippen LogP contribution is -2.51. The van der Waals surface area contributed by atoms with E-state index in [-0.39, 0.29) is 35.7 Å². The second kappa shape index (κ2) is 16.9. The van der Waals surface area contributed by atoms with E-state index in [4.69, 9.17) is 19.4 Å². The van der Waals surface area contributed by atoms with Gasteiger partial charge in [-0.3, -0.25) is 9.59 Å². The molecule has 13 heteroatoms. The first-order valence-electron chi connectivity index (χ1n) is 19.7. The number of nitrogens with one attached hydrogen (secondary N) is 3. The van der Waals surface area contributed by atoms with Crippen molar-refractivity contribution >= 4 is 46.1 Å². The Labute approximate surface area is 332 Å². The Morgan fingerprint density at radius 3 is 2.25 bits per heavy atom. The summed E-state index contributed by atoms with van der Waals surface area (Å²) in [6, 6.07) is 17.2. The highest BCUT2D eigenvalue weighted by atomic mass is 16.5. The van der Waals surface area contributed by atoms with Crippen LogP contribution in [0.25, 0.3) is 32.9 Å². The van der Waals surface area contributed by atoms with Crippen LogP contribution in [0.3, 0.4) is 0 Å². The van der Waals surface area contributed by atoms with Crippen molar-refractivity contribution in [2.45, 2.75) is 77.5 Å². The maximum absolute atomic E-state index is 13.6. The molecule has 0 bridgehead atoms. The van der Waals surface area contributed by atoms with Crippen molar-refractivity contribution in [3.8, 4) is 23.0 Å². The number of fused-ring (bicyclic) bond motifs is 2. The van der Waals surface area contributed by atoms with Crippen LogP contribution in [0.2, 0.25) is 0 Å². The zero-order valence-corrected chi connectivity index (χ0v) is 33.3. The fourth-order valence-electron chi connectivity index (χ4n) is 7.90. The number of amides is 3. The number of carbonyl (C=O) groups is 3. The van der Waals surface area contributed by atoms with E-state index in [2.05, 4.69) is 80.6 Å². The maximum atomic E-state index is 13.6. The number of rotatable bonds is 10. The number of hydrogen-bond donors (Lipinski definition) is 3. The van der Waals surface area contributed by atoms with Crippen LogP contribution >= 0.6 is 0 Å². The van der Waals surface area contributed by atoms with Crippen molar-refractivity contribution in [3.05, 3.63) is 83.7 Å². The van der Waals surface area contributed by atoms with Crippen molar-refractivity contribution in [3.63, 3.8) is 0 Å². The SMILES string of the molecule is CO/C=N/[C@H](C(=O)N1CCC[C@H]1c1nc2cc(-c3ccc4cc(C#Cc5c[nH]c([C@@H]6CCCN6C(=O)[C@@H](NC(=O)OC)C(C)C)n5)ccc4c3)ccc2[nH]1)C(C)C. The lowest BCUT2D eigenvalue weighted by atomic mass is 9.99. The molecule has 2 aliphatic heterocycles. The van der Waals surface area contributed by atoms with Gasteiger partial charge in [0, 0.05) is 24.8 Å². The third-order valence-electron chi connectivity index (χ3n) is 10.9. The summed E-state index contributed by atoms with van der Waals surface area (Å²) in [5.41, 5.74) is 5.37. The molecule has 0 aliphatic carbocycles. The standard InChI is InChI=1S/C44H50N8O5/c1-26(2)38(46-25-56-5)42(53)52-20-8-10-37(52)41-48-34-18-16-32(23-35(34)49-41)31-15-14-29-21-28(11-13-30(29)22-31)12-17-33-24-45-40(47-33)36-9-7-19-51(36)43(54)39(27(3)4)50-44(55)57-6/h11,13-16,18,21-27,36-39H,7-10,19-20H2,1-6H3,(H,45,47)(H,48,49)(H,50,55)/b46-25+/t36-,37-,38-,39-/m0/s1. The number of methoxy groups -OCH3 is 2. The topological polar surface area (TPSA) is 158 Å². The minimum Gasteiger partial charge on any atom is -0.487 e. The molecular weight excluding hydrogens is 721 g/mol. The number of imidazole rings is 2. The first-order valence-corrected chi connectivity index (χ1v) is 19.7. The first-order chi connectivity index (χ1) is 27.5. The van der Waals surface area contributed by atoms with Crippen LogP contribution in [0.4, 0.5) is 4.79 Å². The predicted octanol–water partition coefficient (Wildman–Crippen LogP) is 6.91. The molecule has 0 spiro atoms. The highest BCUT2D eigenvalue weighted by Crippen LogP contribution is 2.35. The monoisotopic (exact) mass is 770 g/mol. The number of ether oxygens (including phenoxy) is 2. The molecule has 4 atom stereocenters. The Morgan fingerprint density at radius 2 is 1.53 bits per heavy atom. The van der Waals surface area contributed by atoms with Gasteiger partial charge in [0.2, 0.25) is 11.8 Å². The molecule has 3 aromatic carbocycles. The van der Waals surface area contributed by atoms with Gasteiger partial charge in [-0.25, -0.2) is 19.8 Å². The lowest BCUT2D eigenvalue weighted by Gasteiger charge is -2.29. The molecule has 2 aromatic heterocycles. The van der Waals surface area contributed by atoms with E-state index in [0.29, 0.717) is 24.6 Å². The number of H-pyrrole nitrogens is 2. The van der Waals surface area contributed by atoms with Crippen LogP contribution < -0.4 is 5.32 Å². The number of aliphatic imine (C=N–C) groups is 1. The molecule has 296 valence electrons. The Morgan fingerprint density at radius 1 is 0.842 bits per heavy atom. The molecule has 0 radical (unpaired) electrons. The number of aromatic nitrogens is 4. The largest absolute Gasteiger partial charge is 0.487 e. The molecule has 0 unspecified atom stereocenters. The Kier molecular flexibility index (Phi) is 11.6. The van der Waals surface area contributed by atoms with Crippen LogP contribution in [-0.2, 0) is 19.1 Å². The number of likely N-dealkylation sites (tertiary alicyclic amines) is 2. The van der Waals surface area contributed by atoms with E-state index in [1.54, 1.807) is 11.1 Å². The van der Waals surface area contributed by atoms with Crippen molar-refractivity contribution in [1.29, 1.82) is 0 Å². The first kappa shape index (κ1) is 39.1. The van der Waals surface area contributed by atoms with Crippen LogP contribution in [0.5, 0.6) is 0 Å². The van der Waals surface area contributed by atoms with Gasteiger partial charge in [-0.1, -0.05) is 57.9 Å². The number of nitrogens with zero attached hydrogens (tertiary/aromatic N) is 5. The van der Waals surface area contributed by atoms with Gasteiger partial charge < -0.3 is 34.6 Å². The van der Waals surface area contributed by atoms with E-state index in [1.165, 1.54) is 20.6 Å². The van der Waals surface area contributed by atoms with Crippen LogP contribution in [0, 0.1) is 23.7 Å². The predicted molar refractivity (Wildman–Crippen MR) is 219 cm³/mol. The molecular formula is C44H50N8O5. The zero-order chi connectivity index (χ0) is 40.2. The highest BCUT2D eigenvalue weighted by molar-refractivity contribution is 5.91. The summed E-state index contributed by atoms with van der Waals surface area (Å²) in [7, 11) is 2.82. The van der Waals surface area contributed by atoms with Gasteiger partial charge in [-0.15, -0.1) is 0 Å². The van der Waals surface area contributed by atoms with E-state index in [9.17, 15) is 14.4 Å². The number of hydrogen-bond acceptors (Lipinski definition) is 8. The van der Waals surface area contributed by atoms with Crippen molar-refractivity contribution in [1.82, 2.24) is 35.1 Å². The van der Waals surface area contributed by atoms with E-state index >= 15 is 0 Å². The molecule has 57 heavy (non-hydrogen) atoms. The van der Waals surface area contributed by atoms with Crippen LogP contribution in [0.1, 0.15) is 88.4 Å². The Bertz CT molecular complexity index is 2370. The van der Waals surface area contributed by atoms with E-state index < -0.39 is 18.2 Å². The number of alkyl carbamates (subject to hydrolysis) is 1. The van der Waals surface area contributed by atoms with Gasteiger partial charge in [-0.2, -0.15) is 0 Å². The second-order valence-corrected chi connectivity index (χ2v) is 15.5. The second-order valence-electron chi connectivity index (χ2n) is 15.5. The summed E-state index contributed by atoms with van der Waals surface area (Å²) < 4.78 is 9.77. The van der Waals surface area contributed by atoms with Gasteiger partial charge in [0.1, 0.15) is 29.4 Å². The van der Waals surface area contributed by atoms with Crippen molar-refractivity contribution < 1.29 is 23.9 Å². The number of benzene rings is 3. The van der Waals surface area contributed by atoms with Crippen LogP contribution in [0.15, 0.2) is 65.8 Å². The highest BCUT2D eigenvalue weighted by Gasteiger charge is 2.38. The number of aromatic amines is 2. The normalized spacial score (nSPS) is 18.0. The Balaban J connectivity index is 1.04. The fraction of sp³-hybridized carbons (Fsp3) is 0.409. The minimum absolute atomic E-state index is 0.00336. The van der Waals surface area contributed by atoms with E-state index in [1.807, 2.05) is 38.7 Å². The fourth-order valence-corrected chi connectivity index (χ4v) is 7.90. The summed E-state index contributed by atoms with van der Waals surface area (Å²) in [5, 5.41) is 4.84. The zero-order valence-electron chi connectivity index (χ0n) is 33.3. The molecule has 2 aliphatic rings. The summed E-state index contributed by atoms with van der Waals surface area (Å²) in [5.74, 6) is 7.69. The molecule has 3 amide bonds. The van der Waals surface area contributed by atoms with Gasteiger partial charge in [-0.05, 0) is 95.7 Å². The van der Waals surface area contributed by atoms with E-state index in [0.717, 1.165) is 70.0 Å². The van der Waals surface area contributed by atoms with Gasteiger partial charge in [0.15, 0.2) is 6.40 Å². The molecule has 0 saturated carbocycles. The van der Waals surface area contributed by atoms with Crippen molar-refractivity contribution in [2.24, 2.45) is 16.8 Å². The molecule has 13 nitrogen and oxygen atoms in total. The smallest absolute Gasteiger partial charge is 0.407 e. The van der Waals surface area contributed by atoms with Gasteiger partial charge in [0.05, 0.1) is 37.3 Å². The molecule has 4 heterocycles. The molecule has 2 saturated heterocycles. The van der Waals surface area contributed by atoms with Crippen LogP contribution in [-0.4, -0.2) is 93.4 Å². The summed E-state index contributed by atoms with van der Waals surface area (Å²) in [4.78, 5) is 63.5. The quantitative estimate of drug-likeness (QED) is 0.0791. The Hall–Kier alpha value is -6.16. The molecule has 3 N–H and O–H groups in total. The van der Waals surface area contributed by atoms with Gasteiger partial charge >= 0.3 is 6.09 Å².